The zero-order valence-electron chi connectivity index (χ0n) is 11.0. The fourth-order valence-electron chi connectivity index (χ4n) is 2.13. The molecular formula is C16H13N3O. The van der Waals surface area contributed by atoms with Crippen LogP contribution in [0.3, 0.4) is 0 Å². The molecule has 2 aromatic rings. The molecule has 0 spiro atoms. The summed E-state index contributed by atoms with van der Waals surface area (Å²) >= 11 is 0. The third kappa shape index (κ3) is 2.01. The van der Waals surface area contributed by atoms with Crippen molar-refractivity contribution in [2.45, 2.75) is 6.92 Å². The number of carbonyl (C=O) groups is 1. The monoisotopic (exact) mass is 263 g/mol. The molecule has 98 valence electrons. The van der Waals surface area contributed by atoms with Crippen LogP contribution >= 0.6 is 0 Å². The molecule has 0 saturated heterocycles. The van der Waals surface area contributed by atoms with E-state index < -0.39 is 6.03 Å². The molecule has 2 aromatic carbocycles. The molecule has 0 aromatic heterocycles. The molecular weight excluding hydrogens is 250 g/mol. The largest absolute Gasteiger partial charge is 0.354 e. The van der Waals surface area contributed by atoms with E-state index in [0.29, 0.717) is 11.4 Å². The number of hydrogen-bond acceptors (Lipinski definition) is 2. The van der Waals surface area contributed by atoms with Crippen molar-refractivity contribution < 1.29 is 4.79 Å². The van der Waals surface area contributed by atoms with Crippen LogP contribution < -0.4 is 4.90 Å². The van der Waals surface area contributed by atoms with Crippen LogP contribution in [0.5, 0.6) is 0 Å². The second-order valence-electron chi connectivity index (χ2n) is 4.63. The van der Waals surface area contributed by atoms with E-state index in [2.05, 4.69) is 4.99 Å². The molecule has 1 N–H and O–H groups in total. The Morgan fingerprint density at radius 1 is 1.00 bits per heavy atom. The standard InChI is InChI=1S/C16H13N3O/c1-11-7-9-13(10-8-11)19-15(17)14(18-16(19)20)12-5-3-2-4-6-12/h2-10,17H,1H3. The molecule has 4 heteroatoms. The van der Waals surface area contributed by atoms with Crippen LogP contribution in [-0.4, -0.2) is 17.6 Å². The van der Waals surface area contributed by atoms with E-state index in [-0.39, 0.29) is 5.84 Å². The average Bonchev–Trinajstić information content (AvgIpc) is 2.76. The highest BCUT2D eigenvalue weighted by molar-refractivity contribution is 6.59. The highest BCUT2D eigenvalue weighted by atomic mass is 16.2. The van der Waals surface area contributed by atoms with Gasteiger partial charge < -0.3 is 0 Å². The van der Waals surface area contributed by atoms with Crippen LogP contribution in [0.4, 0.5) is 10.5 Å². The number of nitrogens with zero attached hydrogens (tertiary/aromatic N) is 2. The fourth-order valence-corrected chi connectivity index (χ4v) is 2.13. The predicted molar refractivity (Wildman–Crippen MR) is 79.8 cm³/mol. The van der Waals surface area contributed by atoms with Gasteiger partial charge in [-0.25, -0.2) is 9.69 Å². The maximum atomic E-state index is 12.1. The van der Waals surface area contributed by atoms with E-state index in [9.17, 15) is 4.79 Å². The first-order valence-corrected chi connectivity index (χ1v) is 6.30. The first-order valence-electron chi connectivity index (χ1n) is 6.30. The molecule has 0 unspecified atom stereocenters. The van der Waals surface area contributed by atoms with Gasteiger partial charge >= 0.3 is 6.03 Å². The van der Waals surface area contributed by atoms with Gasteiger partial charge in [-0.3, -0.25) is 5.41 Å². The summed E-state index contributed by atoms with van der Waals surface area (Å²) in [5.41, 5.74) is 2.97. The quantitative estimate of drug-likeness (QED) is 0.887. The van der Waals surface area contributed by atoms with Gasteiger partial charge in [-0.15, -0.1) is 0 Å². The van der Waals surface area contributed by atoms with Crippen LogP contribution in [0.25, 0.3) is 0 Å². The summed E-state index contributed by atoms with van der Waals surface area (Å²) in [6.07, 6.45) is 0. The Labute approximate surface area is 116 Å². The molecule has 3 rings (SSSR count). The molecule has 1 heterocycles. The third-order valence-electron chi connectivity index (χ3n) is 3.19. The molecule has 0 saturated carbocycles. The van der Waals surface area contributed by atoms with E-state index in [1.807, 2.05) is 61.5 Å². The fraction of sp³-hybridized carbons (Fsp3) is 0.0625. The Balaban J connectivity index is 1.97. The van der Waals surface area contributed by atoms with Gasteiger partial charge in [0, 0.05) is 5.56 Å². The second kappa shape index (κ2) is 4.74. The Morgan fingerprint density at radius 2 is 1.65 bits per heavy atom. The Hall–Kier alpha value is -2.75. The van der Waals surface area contributed by atoms with Crippen molar-refractivity contribution in [2.75, 3.05) is 4.90 Å². The van der Waals surface area contributed by atoms with Gasteiger partial charge in [0.25, 0.3) is 0 Å². The Bertz CT molecular complexity index is 702. The molecule has 1 aliphatic heterocycles. The van der Waals surface area contributed by atoms with Crippen molar-refractivity contribution in [3.05, 3.63) is 65.7 Å². The van der Waals surface area contributed by atoms with Crippen LogP contribution in [0.1, 0.15) is 11.1 Å². The van der Waals surface area contributed by atoms with E-state index in [1.54, 1.807) is 0 Å². The van der Waals surface area contributed by atoms with Crippen LogP contribution in [-0.2, 0) is 0 Å². The highest BCUT2D eigenvalue weighted by Crippen LogP contribution is 2.22. The average molecular weight is 263 g/mol. The minimum Gasteiger partial charge on any atom is -0.282 e. The predicted octanol–water partition coefficient (Wildman–Crippen LogP) is 3.40. The van der Waals surface area contributed by atoms with Crippen LogP contribution in [0.15, 0.2) is 59.6 Å². The number of rotatable bonds is 2. The Morgan fingerprint density at radius 3 is 2.30 bits per heavy atom. The molecule has 0 bridgehead atoms. The molecule has 20 heavy (non-hydrogen) atoms. The van der Waals surface area contributed by atoms with E-state index in [0.717, 1.165) is 11.1 Å². The molecule has 2 amide bonds. The smallest absolute Gasteiger partial charge is 0.282 e. The van der Waals surface area contributed by atoms with Crippen molar-refractivity contribution in [1.82, 2.24) is 0 Å². The van der Waals surface area contributed by atoms with Crippen LogP contribution in [0, 0.1) is 12.3 Å². The number of aliphatic imine (C=N–C) groups is 1. The van der Waals surface area contributed by atoms with Crippen molar-refractivity contribution in [3.8, 4) is 0 Å². The SMILES string of the molecule is Cc1ccc(N2C(=N)C(c3ccccc3)=NC2=O)cc1. The molecule has 0 radical (unpaired) electrons. The number of amides is 2. The molecule has 0 aliphatic carbocycles. The van der Waals surface area contributed by atoms with Crippen LogP contribution in [0.2, 0.25) is 0 Å². The van der Waals surface area contributed by atoms with Gasteiger partial charge in [0.15, 0.2) is 5.84 Å². The minimum absolute atomic E-state index is 0.116. The summed E-state index contributed by atoms with van der Waals surface area (Å²) in [5, 5.41) is 8.20. The summed E-state index contributed by atoms with van der Waals surface area (Å²) < 4.78 is 0. The number of aryl methyl sites for hydroxylation is 1. The van der Waals surface area contributed by atoms with Gasteiger partial charge in [0.05, 0.1) is 5.69 Å². The number of hydrogen-bond donors (Lipinski definition) is 1. The lowest BCUT2D eigenvalue weighted by molar-refractivity contribution is 0.257. The number of urea groups is 1. The topological polar surface area (TPSA) is 56.5 Å². The van der Waals surface area contributed by atoms with E-state index >= 15 is 0 Å². The van der Waals surface area contributed by atoms with E-state index in [4.69, 9.17) is 5.41 Å². The van der Waals surface area contributed by atoms with Crippen molar-refractivity contribution in [3.63, 3.8) is 0 Å². The number of amidine groups is 1. The van der Waals surface area contributed by atoms with Gasteiger partial charge in [-0.05, 0) is 19.1 Å². The number of benzene rings is 2. The first kappa shape index (κ1) is 12.3. The maximum absolute atomic E-state index is 12.1. The molecule has 4 nitrogen and oxygen atoms in total. The first-order chi connectivity index (χ1) is 9.66. The van der Waals surface area contributed by atoms with E-state index in [1.165, 1.54) is 4.90 Å². The lowest BCUT2D eigenvalue weighted by Crippen LogP contribution is -2.32. The lowest BCUT2D eigenvalue weighted by atomic mass is 10.1. The Kier molecular flexibility index (Phi) is 2.91. The maximum Gasteiger partial charge on any atom is 0.354 e. The number of anilines is 1. The lowest BCUT2D eigenvalue weighted by Gasteiger charge is -2.15. The van der Waals surface area contributed by atoms with Gasteiger partial charge in [-0.1, -0.05) is 48.0 Å². The summed E-state index contributed by atoms with van der Waals surface area (Å²) in [7, 11) is 0. The van der Waals surface area contributed by atoms with Crippen molar-refractivity contribution in [2.24, 2.45) is 4.99 Å². The summed E-state index contributed by atoms with van der Waals surface area (Å²) in [5.74, 6) is 0.116. The van der Waals surface area contributed by atoms with Crippen molar-refractivity contribution >= 4 is 23.3 Å². The minimum atomic E-state index is -0.419. The summed E-state index contributed by atoms with van der Waals surface area (Å²) in [4.78, 5) is 17.4. The second-order valence-corrected chi connectivity index (χ2v) is 4.63. The molecule has 1 aliphatic rings. The van der Waals surface area contributed by atoms with Gasteiger partial charge in [0.1, 0.15) is 5.71 Å². The van der Waals surface area contributed by atoms with Gasteiger partial charge in [-0.2, -0.15) is 4.99 Å². The normalized spacial score (nSPS) is 14.7. The van der Waals surface area contributed by atoms with Crippen molar-refractivity contribution in [1.29, 1.82) is 5.41 Å². The number of nitrogens with one attached hydrogen (secondary N) is 1. The summed E-state index contributed by atoms with van der Waals surface area (Å²) in [6.45, 7) is 1.98. The molecule has 0 atom stereocenters. The highest BCUT2D eigenvalue weighted by Gasteiger charge is 2.31. The van der Waals surface area contributed by atoms with Gasteiger partial charge in [0.2, 0.25) is 0 Å². The summed E-state index contributed by atoms with van der Waals surface area (Å²) in [6, 6.07) is 16.4. The third-order valence-corrected chi connectivity index (χ3v) is 3.19. The zero-order valence-corrected chi connectivity index (χ0v) is 11.0. The zero-order chi connectivity index (χ0) is 14.1. The number of carbonyl (C=O) groups excluding carboxylic acids is 1. The molecule has 0 fully saturated rings.